The van der Waals surface area contributed by atoms with Gasteiger partial charge in [-0.2, -0.15) is 0 Å². The number of halogens is 2. The predicted octanol–water partition coefficient (Wildman–Crippen LogP) is 26.8. The molecular formula is C100H77BBr2N4O2. The first-order chi connectivity index (χ1) is 53.4. The molecule has 9 heteroatoms. The van der Waals surface area contributed by atoms with Gasteiger partial charge in [-0.15, -0.1) is 0 Å². The molecule has 18 aromatic rings. The van der Waals surface area contributed by atoms with E-state index in [0.29, 0.717) is 0 Å². The van der Waals surface area contributed by atoms with Gasteiger partial charge in [-0.1, -0.05) is 329 Å². The van der Waals surface area contributed by atoms with Gasteiger partial charge in [0.05, 0.1) is 55.3 Å². The summed E-state index contributed by atoms with van der Waals surface area (Å²) in [7, 11) is -0.299. The average molecular weight is 1540 g/mol. The van der Waals surface area contributed by atoms with Crippen LogP contribution in [-0.4, -0.2) is 36.6 Å². The third-order valence-electron chi connectivity index (χ3n) is 21.1. The molecule has 4 aromatic heterocycles. The molecule has 526 valence electrons. The number of nitrogens with zero attached hydrogens (tertiary/aromatic N) is 4. The summed E-state index contributed by atoms with van der Waals surface area (Å²) < 4.78 is 24.0. The fraction of sp³-hybridized carbons (Fsp3) is 0.0600. The highest BCUT2D eigenvalue weighted by atomic mass is 79.9. The third kappa shape index (κ3) is 14.2. The topological polar surface area (TPSA) is 38.2 Å². The van der Waals surface area contributed by atoms with Crippen molar-refractivity contribution in [2.24, 2.45) is 0 Å². The largest absolute Gasteiger partial charge is 0.494 e. The molecule has 19 rings (SSSR count). The van der Waals surface area contributed by atoms with E-state index in [2.05, 4.69) is 442 Å². The Labute approximate surface area is 653 Å². The summed E-state index contributed by atoms with van der Waals surface area (Å²) in [6.07, 6.45) is 12.9. The van der Waals surface area contributed by atoms with Crippen molar-refractivity contribution in [2.75, 3.05) is 0 Å². The molecule has 109 heavy (non-hydrogen) atoms. The number of rotatable bonds is 13. The molecule has 5 heterocycles. The maximum atomic E-state index is 6.08. The first-order valence-electron chi connectivity index (χ1n) is 37.0. The minimum atomic E-state index is -0.302. The monoisotopic (exact) mass is 1530 g/mol. The Morgan fingerprint density at radius 2 is 0.477 bits per heavy atom. The van der Waals surface area contributed by atoms with Crippen molar-refractivity contribution in [1.82, 2.24) is 18.3 Å². The van der Waals surface area contributed by atoms with Crippen LogP contribution >= 0.6 is 31.9 Å². The van der Waals surface area contributed by atoms with E-state index in [1.54, 1.807) is 0 Å². The Bertz CT molecular complexity index is 6020. The van der Waals surface area contributed by atoms with Gasteiger partial charge in [-0.3, -0.25) is 0 Å². The fourth-order valence-corrected chi connectivity index (χ4v) is 15.5. The fourth-order valence-electron chi connectivity index (χ4n) is 14.8. The van der Waals surface area contributed by atoms with Crippen molar-refractivity contribution in [1.29, 1.82) is 0 Å². The van der Waals surface area contributed by atoms with Gasteiger partial charge in [-0.05, 0) is 186 Å². The second-order valence-corrected chi connectivity index (χ2v) is 30.4. The van der Waals surface area contributed by atoms with Gasteiger partial charge >= 0.3 is 7.12 Å². The van der Waals surface area contributed by atoms with E-state index < -0.39 is 0 Å². The minimum absolute atomic E-state index is 0.299. The van der Waals surface area contributed by atoms with Gasteiger partial charge in [0, 0.05) is 53.2 Å². The molecule has 0 saturated carbocycles. The molecule has 0 spiro atoms. The van der Waals surface area contributed by atoms with Gasteiger partial charge in [0.1, 0.15) is 0 Å². The van der Waals surface area contributed by atoms with Crippen LogP contribution in [0, 0.1) is 0 Å². The number of fused-ring (bicyclic) bond motifs is 10. The molecule has 14 aromatic carbocycles. The summed E-state index contributed by atoms with van der Waals surface area (Å²) in [5, 5.41) is 4.89. The first kappa shape index (κ1) is 69.9. The van der Waals surface area contributed by atoms with Gasteiger partial charge in [0.25, 0.3) is 0 Å². The molecular weight excluding hydrogens is 1460 g/mol. The molecule has 1 saturated heterocycles. The Morgan fingerprint density at radius 3 is 0.761 bits per heavy atom. The standard InChI is InChI=1S/C54H38N2.C26H16Br2N2.C20H23BO2/c1-5-13-39(14-6-1)21-23-41-25-29-43(30-26-41)45-33-35-49-51(37-45)55(47-17-9-3-10-18-47)54-50-36-34-46(38-52(50)56(53(49)54)48-19-11-4-12-20-48)44-31-27-42(28-32-44)24-22-40-15-7-2-8-16-40;27-17-11-13-21-23(15-17)29(19-7-3-1-4-8-19)25-22-14-12-18(28)16-24(22)30(26(21)25)20-9-5-2-6-10-20;1-19(2)20(3,4)23-21(22-19)18-14-12-17(13-15-18)11-10-16-8-6-5-7-9-16/h1-38H;1-16H;5-15H,1-4H3/b23-21+,24-22+;;11-10+. The highest BCUT2D eigenvalue weighted by Gasteiger charge is 2.51. The van der Waals surface area contributed by atoms with Crippen LogP contribution in [0.1, 0.15) is 61.1 Å². The zero-order valence-corrected chi connectivity index (χ0v) is 64.1. The zero-order chi connectivity index (χ0) is 74.0. The molecule has 0 bridgehead atoms. The predicted molar refractivity (Wildman–Crippen MR) is 470 cm³/mol. The number of hydrogen-bond acceptors (Lipinski definition) is 2. The van der Waals surface area contributed by atoms with E-state index in [1.807, 2.05) is 30.3 Å². The lowest BCUT2D eigenvalue weighted by Crippen LogP contribution is -2.41. The van der Waals surface area contributed by atoms with Crippen LogP contribution in [0.5, 0.6) is 0 Å². The molecule has 1 fully saturated rings. The second kappa shape index (κ2) is 30.3. The zero-order valence-electron chi connectivity index (χ0n) is 61.0. The summed E-state index contributed by atoms with van der Waals surface area (Å²) in [5.41, 5.74) is 26.5. The lowest BCUT2D eigenvalue weighted by Gasteiger charge is -2.32. The van der Waals surface area contributed by atoms with Gasteiger partial charge in [0.15, 0.2) is 0 Å². The summed E-state index contributed by atoms with van der Waals surface area (Å²) in [5.74, 6) is 0. The van der Waals surface area contributed by atoms with Crippen molar-refractivity contribution in [3.63, 3.8) is 0 Å². The van der Waals surface area contributed by atoms with Crippen molar-refractivity contribution < 1.29 is 9.31 Å². The lowest BCUT2D eigenvalue weighted by atomic mass is 9.79. The first-order valence-corrected chi connectivity index (χ1v) is 38.6. The Kier molecular flexibility index (Phi) is 19.4. The molecule has 0 atom stereocenters. The number of hydrogen-bond donors (Lipinski definition) is 0. The lowest BCUT2D eigenvalue weighted by molar-refractivity contribution is 0.00578. The second-order valence-electron chi connectivity index (χ2n) is 28.6. The van der Waals surface area contributed by atoms with Crippen LogP contribution < -0.4 is 5.46 Å². The summed E-state index contributed by atoms with van der Waals surface area (Å²) in [6, 6.07) is 127. The van der Waals surface area contributed by atoms with Gasteiger partial charge < -0.3 is 27.6 Å². The molecule has 0 aliphatic carbocycles. The van der Waals surface area contributed by atoms with E-state index >= 15 is 0 Å². The van der Waals surface area contributed by atoms with Gasteiger partial charge in [-0.25, -0.2) is 0 Å². The molecule has 0 N–H and O–H groups in total. The number of benzene rings is 14. The third-order valence-corrected chi connectivity index (χ3v) is 22.0. The molecule has 6 nitrogen and oxygen atoms in total. The van der Waals surface area contributed by atoms with Crippen LogP contribution in [0.4, 0.5) is 0 Å². The number of aromatic nitrogens is 4. The quantitative estimate of drug-likeness (QED) is 0.0852. The van der Waals surface area contributed by atoms with Crippen molar-refractivity contribution in [3.8, 4) is 45.0 Å². The van der Waals surface area contributed by atoms with E-state index in [0.717, 1.165) is 42.7 Å². The maximum absolute atomic E-state index is 6.08. The number of para-hydroxylation sites is 4. The Hall–Kier alpha value is -12.1. The van der Waals surface area contributed by atoms with E-state index in [4.69, 9.17) is 9.31 Å². The summed E-state index contributed by atoms with van der Waals surface area (Å²) in [6.45, 7) is 8.29. The van der Waals surface area contributed by atoms with Crippen LogP contribution in [0.15, 0.2) is 367 Å². The SMILES string of the molecule is Brc1ccc2c(c1)n(-c1ccccc1)c1c3ccc(Br)cc3n(-c3ccccc3)c21.C(=C\c1ccc(-c2ccc3c(c2)n(-c2ccccc2)c2c4ccc(-c5ccc(/C=C/c6ccccc6)cc5)cc4n(-c4ccccc4)c32)cc1)/c1ccccc1.CC1(C)OB(c2ccc(/C=C/c3ccccc3)cc2)OC1(C)C. The van der Waals surface area contributed by atoms with Crippen molar-refractivity contribution in [2.45, 2.75) is 38.9 Å². The van der Waals surface area contributed by atoms with E-state index in [1.165, 1.54) is 116 Å². The Balaban J connectivity index is 0.000000136. The Morgan fingerprint density at radius 1 is 0.248 bits per heavy atom. The van der Waals surface area contributed by atoms with Crippen LogP contribution in [0.25, 0.3) is 147 Å². The van der Waals surface area contributed by atoms with Gasteiger partial charge in [0.2, 0.25) is 0 Å². The van der Waals surface area contributed by atoms with Crippen molar-refractivity contribution >= 4 is 147 Å². The summed E-state index contributed by atoms with van der Waals surface area (Å²) in [4.78, 5) is 0. The average Bonchev–Trinajstić information content (AvgIpc) is 1.55. The molecule has 1 aliphatic heterocycles. The highest BCUT2D eigenvalue weighted by molar-refractivity contribution is 9.10. The molecule has 1 aliphatic rings. The molecule has 0 amide bonds. The molecule has 0 radical (unpaired) electrons. The van der Waals surface area contributed by atoms with Crippen molar-refractivity contribution in [3.05, 3.63) is 400 Å². The van der Waals surface area contributed by atoms with Crippen LogP contribution in [-0.2, 0) is 9.31 Å². The maximum Gasteiger partial charge on any atom is 0.494 e. The smallest absolute Gasteiger partial charge is 0.399 e. The normalized spacial score (nSPS) is 13.4. The minimum Gasteiger partial charge on any atom is -0.399 e. The highest BCUT2D eigenvalue weighted by Crippen LogP contribution is 2.45. The summed E-state index contributed by atoms with van der Waals surface area (Å²) >= 11 is 7.36. The van der Waals surface area contributed by atoms with E-state index in [-0.39, 0.29) is 18.3 Å². The van der Waals surface area contributed by atoms with E-state index in [9.17, 15) is 0 Å². The van der Waals surface area contributed by atoms with Crippen LogP contribution in [0.3, 0.4) is 0 Å². The molecule has 0 unspecified atom stereocenters. The van der Waals surface area contributed by atoms with Crippen LogP contribution in [0.2, 0.25) is 0 Å².